The number of carbonyl (C=O) groups is 1. The number of anilines is 1. The number of amides is 1. The normalized spacial score (nSPS) is 11.0. The van der Waals surface area contributed by atoms with Gasteiger partial charge in [0.25, 0.3) is 5.91 Å². The van der Waals surface area contributed by atoms with Gasteiger partial charge in [-0.3, -0.25) is 9.48 Å². The van der Waals surface area contributed by atoms with Crippen LogP contribution in [0.1, 0.15) is 27.4 Å². The molecule has 1 N–H and O–H groups in total. The second-order valence-electron chi connectivity index (χ2n) is 6.46. The van der Waals surface area contributed by atoms with E-state index < -0.39 is 0 Å². The highest BCUT2D eigenvalue weighted by Crippen LogP contribution is 2.27. The Bertz CT molecular complexity index is 1180. The molecule has 0 spiro atoms. The van der Waals surface area contributed by atoms with Crippen molar-refractivity contribution in [2.45, 2.75) is 20.4 Å². The van der Waals surface area contributed by atoms with E-state index >= 15 is 0 Å². The molecule has 0 aliphatic carbocycles. The van der Waals surface area contributed by atoms with Gasteiger partial charge in [-0.1, -0.05) is 40.5 Å². The lowest BCUT2D eigenvalue weighted by Crippen LogP contribution is -2.13. The van der Waals surface area contributed by atoms with E-state index in [1.54, 1.807) is 18.2 Å². The minimum atomic E-state index is -0.350. The summed E-state index contributed by atoms with van der Waals surface area (Å²) < 4.78 is 7.10. The van der Waals surface area contributed by atoms with Gasteiger partial charge in [0.2, 0.25) is 0 Å². The Labute approximate surface area is 181 Å². The summed E-state index contributed by atoms with van der Waals surface area (Å²) in [6.45, 7) is 4.24. The maximum atomic E-state index is 12.7. The van der Waals surface area contributed by atoms with Gasteiger partial charge in [0, 0.05) is 6.07 Å². The zero-order chi connectivity index (χ0) is 20.5. The van der Waals surface area contributed by atoms with E-state index in [0.29, 0.717) is 33.7 Å². The minimum Gasteiger partial charge on any atom is -0.355 e. The summed E-state index contributed by atoms with van der Waals surface area (Å²) in [6.07, 6.45) is 0. The standard InChI is InChI=1S/C20H16Cl2N4O2S/c1-11-19(12(2)26(24-11)10-13-5-6-14(21)15(22)8-13)23-20(27)16-9-17(28-25-16)18-4-3-7-29-18/h3-9H,10H2,1-2H3,(H,23,27). The molecule has 1 aromatic carbocycles. The van der Waals surface area contributed by atoms with Gasteiger partial charge in [-0.2, -0.15) is 5.10 Å². The zero-order valence-corrected chi connectivity index (χ0v) is 17.9. The fraction of sp³-hybridized carbons (Fsp3) is 0.150. The van der Waals surface area contributed by atoms with Gasteiger partial charge in [-0.15, -0.1) is 11.3 Å². The number of hydrogen-bond donors (Lipinski definition) is 1. The lowest BCUT2D eigenvalue weighted by Gasteiger charge is -2.07. The number of thiophene rings is 1. The quantitative estimate of drug-likeness (QED) is 0.418. The van der Waals surface area contributed by atoms with Crippen molar-refractivity contribution in [1.29, 1.82) is 0 Å². The smallest absolute Gasteiger partial charge is 0.277 e. The molecule has 1 amide bonds. The van der Waals surface area contributed by atoms with Crippen LogP contribution in [-0.2, 0) is 6.54 Å². The molecule has 0 bridgehead atoms. The molecule has 4 aromatic rings. The SMILES string of the molecule is Cc1nn(Cc2ccc(Cl)c(Cl)c2)c(C)c1NC(=O)c1cc(-c2cccs2)on1. The van der Waals surface area contributed by atoms with Crippen LogP contribution in [0.2, 0.25) is 10.0 Å². The number of nitrogens with zero attached hydrogens (tertiary/aromatic N) is 3. The van der Waals surface area contributed by atoms with E-state index in [4.69, 9.17) is 27.7 Å². The third-order valence-corrected chi connectivity index (χ3v) is 6.07. The van der Waals surface area contributed by atoms with Gasteiger partial charge in [0.1, 0.15) is 0 Å². The molecule has 0 aliphatic heterocycles. The number of rotatable bonds is 5. The van der Waals surface area contributed by atoms with Gasteiger partial charge in [0.05, 0.1) is 38.5 Å². The van der Waals surface area contributed by atoms with Crippen LogP contribution in [0.5, 0.6) is 0 Å². The second kappa shape index (κ2) is 8.02. The predicted octanol–water partition coefficient (Wildman–Crippen LogP) is 5.82. The van der Waals surface area contributed by atoms with Crippen molar-refractivity contribution in [3.63, 3.8) is 0 Å². The van der Waals surface area contributed by atoms with Crippen molar-refractivity contribution in [3.05, 3.63) is 74.5 Å². The minimum absolute atomic E-state index is 0.212. The molecule has 0 saturated carbocycles. The number of hydrogen-bond acceptors (Lipinski definition) is 5. The average Bonchev–Trinajstić information content (AvgIpc) is 3.42. The highest BCUT2D eigenvalue weighted by molar-refractivity contribution is 7.13. The molecule has 0 aliphatic rings. The first kappa shape index (κ1) is 19.7. The van der Waals surface area contributed by atoms with Crippen LogP contribution in [-0.4, -0.2) is 20.8 Å². The summed E-state index contributed by atoms with van der Waals surface area (Å²) in [5.41, 5.74) is 3.35. The molecule has 0 saturated heterocycles. The first-order valence-electron chi connectivity index (χ1n) is 8.72. The van der Waals surface area contributed by atoms with E-state index in [-0.39, 0.29) is 11.6 Å². The topological polar surface area (TPSA) is 73.0 Å². The summed E-state index contributed by atoms with van der Waals surface area (Å²) >= 11 is 13.6. The average molecular weight is 447 g/mol. The van der Waals surface area contributed by atoms with Crippen LogP contribution < -0.4 is 5.32 Å². The molecule has 3 heterocycles. The van der Waals surface area contributed by atoms with Crippen molar-refractivity contribution in [1.82, 2.24) is 14.9 Å². The molecule has 0 unspecified atom stereocenters. The van der Waals surface area contributed by atoms with Crippen molar-refractivity contribution in [2.75, 3.05) is 5.32 Å². The Morgan fingerprint density at radius 2 is 2.03 bits per heavy atom. The van der Waals surface area contributed by atoms with Crippen LogP contribution >= 0.6 is 34.5 Å². The number of benzene rings is 1. The molecule has 4 rings (SSSR count). The molecule has 3 aromatic heterocycles. The van der Waals surface area contributed by atoms with Gasteiger partial charge in [-0.25, -0.2) is 0 Å². The number of aryl methyl sites for hydroxylation is 1. The third kappa shape index (κ3) is 4.07. The lowest BCUT2D eigenvalue weighted by molar-refractivity contribution is 0.101. The molecule has 9 heteroatoms. The van der Waals surface area contributed by atoms with Crippen LogP contribution in [0.4, 0.5) is 5.69 Å². The van der Waals surface area contributed by atoms with Crippen LogP contribution in [0.15, 0.2) is 46.3 Å². The Hall–Kier alpha value is -2.61. The summed E-state index contributed by atoms with van der Waals surface area (Å²) in [4.78, 5) is 13.6. The fourth-order valence-corrected chi connectivity index (χ4v) is 3.93. The lowest BCUT2D eigenvalue weighted by atomic mass is 10.2. The van der Waals surface area contributed by atoms with E-state index in [0.717, 1.165) is 16.1 Å². The third-order valence-electron chi connectivity index (χ3n) is 4.44. The van der Waals surface area contributed by atoms with Crippen molar-refractivity contribution in [3.8, 4) is 10.6 Å². The van der Waals surface area contributed by atoms with Crippen LogP contribution in [0, 0.1) is 13.8 Å². The summed E-state index contributed by atoms with van der Waals surface area (Å²) in [5, 5.41) is 14.2. The number of halogens is 2. The fourth-order valence-electron chi connectivity index (χ4n) is 2.94. The number of aromatic nitrogens is 3. The summed E-state index contributed by atoms with van der Waals surface area (Å²) in [6, 6.07) is 10.9. The summed E-state index contributed by atoms with van der Waals surface area (Å²) in [7, 11) is 0. The predicted molar refractivity (Wildman–Crippen MR) is 115 cm³/mol. The van der Waals surface area contributed by atoms with E-state index in [2.05, 4.69) is 15.6 Å². The van der Waals surface area contributed by atoms with Crippen LogP contribution in [0.3, 0.4) is 0 Å². The molecule has 0 atom stereocenters. The van der Waals surface area contributed by atoms with Crippen molar-refractivity contribution >= 4 is 46.1 Å². The van der Waals surface area contributed by atoms with Crippen molar-refractivity contribution < 1.29 is 9.32 Å². The molecule has 0 fully saturated rings. The van der Waals surface area contributed by atoms with E-state index in [1.807, 2.05) is 42.1 Å². The molecular weight excluding hydrogens is 431 g/mol. The monoisotopic (exact) mass is 446 g/mol. The second-order valence-corrected chi connectivity index (χ2v) is 8.22. The Morgan fingerprint density at radius 3 is 2.76 bits per heavy atom. The van der Waals surface area contributed by atoms with E-state index in [1.165, 1.54) is 11.3 Å². The maximum absolute atomic E-state index is 12.7. The first-order valence-corrected chi connectivity index (χ1v) is 10.4. The first-order chi connectivity index (χ1) is 13.9. The van der Waals surface area contributed by atoms with Gasteiger partial charge in [0.15, 0.2) is 11.5 Å². The largest absolute Gasteiger partial charge is 0.355 e. The molecule has 0 radical (unpaired) electrons. The van der Waals surface area contributed by atoms with Gasteiger partial charge in [-0.05, 0) is 43.0 Å². The zero-order valence-electron chi connectivity index (χ0n) is 15.6. The Kier molecular flexibility index (Phi) is 5.45. The van der Waals surface area contributed by atoms with Gasteiger partial charge >= 0.3 is 0 Å². The van der Waals surface area contributed by atoms with Crippen LogP contribution in [0.25, 0.3) is 10.6 Å². The number of carbonyl (C=O) groups excluding carboxylic acids is 1. The Morgan fingerprint density at radius 1 is 1.21 bits per heavy atom. The highest BCUT2D eigenvalue weighted by atomic mass is 35.5. The van der Waals surface area contributed by atoms with E-state index in [9.17, 15) is 4.79 Å². The molecule has 148 valence electrons. The summed E-state index contributed by atoms with van der Waals surface area (Å²) in [5.74, 6) is 0.214. The maximum Gasteiger partial charge on any atom is 0.277 e. The highest BCUT2D eigenvalue weighted by Gasteiger charge is 2.19. The Balaban J connectivity index is 1.53. The molecule has 29 heavy (non-hydrogen) atoms. The molecular formula is C20H16Cl2N4O2S. The number of nitrogens with one attached hydrogen (secondary N) is 1. The molecule has 6 nitrogen and oxygen atoms in total. The van der Waals surface area contributed by atoms with Crippen molar-refractivity contribution in [2.24, 2.45) is 0 Å². The van der Waals surface area contributed by atoms with Gasteiger partial charge < -0.3 is 9.84 Å².